The molecule has 106 valence electrons. The standard InChI is InChI=1S/C10H12Cl2NO5P/c1-3-19(16,17)6(2)18-10-5-9(13(14)15)7(11)4-8(10)12/h4-6H,3H2,1-2H3,(H,16,17). The zero-order valence-corrected chi connectivity index (χ0v) is 12.6. The normalized spacial score (nSPS) is 15.6. The van der Waals surface area contributed by atoms with Gasteiger partial charge in [0.05, 0.1) is 16.0 Å². The van der Waals surface area contributed by atoms with Gasteiger partial charge in [0.25, 0.3) is 5.69 Å². The molecule has 2 unspecified atom stereocenters. The van der Waals surface area contributed by atoms with Gasteiger partial charge in [-0.05, 0) is 13.0 Å². The summed E-state index contributed by atoms with van der Waals surface area (Å²) in [4.78, 5) is 19.7. The zero-order valence-electron chi connectivity index (χ0n) is 10.2. The van der Waals surface area contributed by atoms with Crippen molar-refractivity contribution in [2.24, 2.45) is 0 Å². The lowest BCUT2D eigenvalue weighted by molar-refractivity contribution is -0.384. The van der Waals surface area contributed by atoms with Crippen molar-refractivity contribution in [2.75, 3.05) is 6.16 Å². The first-order valence-corrected chi connectivity index (χ1v) is 7.97. The second kappa shape index (κ2) is 6.09. The van der Waals surface area contributed by atoms with E-state index in [0.717, 1.165) is 12.1 Å². The molecular weight excluding hydrogens is 316 g/mol. The molecular formula is C10H12Cl2NO5P. The first kappa shape index (κ1) is 16.2. The molecule has 1 aromatic carbocycles. The third kappa shape index (κ3) is 3.83. The fraction of sp³-hybridized carbons (Fsp3) is 0.400. The van der Waals surface area contributed by atoms with Crippen LogP contribution in [0.2, 0.25) is 10.0 Å². The van der Waals surface area contributed by atoms with E-state index in [1.807, 2.05) is 0 Å². The number of ether oxygens (including phenoxy) is 1. The van der Waals surface area contributed by atoms with E-state index in [-0.39, 0.29) is 27.6 Å². The number of hydrogen-bond donors (Lipinski definition) is 1. The first-order chi connectivity index (χ1) is 8.69. The average Bonchev–Trinajstić information content (AvgIpc) is 2.31. The molecule has 0 aliphatic carbocycles. The van der Waals surface area contributed by atoms with Crippen LogP contribution in [0.3, 0.4) is 0 Å². The van der Waals surface area contributed by atoms with Crippen LogP contribution in [-0.2, 0) is 4.57 Å². The molecule has 0 spiro atoms. The van der Waals surface area contributed by atoms with Crippen molar-refractivity contribution in [3.63, 3.8) is 0 Å². The molecule has 1 rings (SSSR count). The molecule has 0 saturated carbocycles. The van der Waals surface area contributed by atoms with Crippen molar-refractivity contribution < 1.29 is 19.1 Å². The van der Waals surface area contributed by atoms with Gasteiger partial charge in [-0.25, -0.2) is 0 Å². The molecule has 0 radical (unpaired) electrons. The summed E-state index contributed by atoms with van der Waals surface area (Å²) >= 11 is 11.5. The first-order valence-electron chi connectivity index (χ1n) is 5.30. The van der Waals surface area contributed by atoms with E-state index in [9.17, 15) is 19.6 Å². The Morgan fingerprint density at radius 3 is 2.53 bits per heavy atom. The summed E-state index contributed by atoms with van der Waals surface area (Å²) in [7, 11) is -3.48. The van der Waals surface area contributed by atoms with Crippen LogP contribution in [0.5, 0.6) is 5.75 Å². The van der Waals surface area contributed by atoms with Gasteiger partial charge in [0, 0.05) is 6.16 Å². The topological polar surface area (TPSA) is 89.7 Å². The van der Waals surface area contributed by atoms with E-state index in [1.165, 1.54) is 6.92 Å². The van der Waals surface area contributed by atoms with Gasteiger partial charge in [0.1, 0.15) is 10.8 Å². The second-order valence-corrected chi connectivity index (χ2v) is 7.47. The van der Waals surface area contributed by atoms with E-state index in [4.69, 9.17) is 27.9 Å². The predicted octanol–water partition coefficient (Wildman–Crippen LogP) is 3.92. The van der Waals surface area contributed by atoms with E-state index < -0.39 is 18.1 Å². The van der Waals surface area contributed by atoms with E-state index in [0.29, 0.717) is 0 Å². The number of hydrogen-bond acceptors (Lipinski definition) is 4. The van der Waals surface area contributed by atoms with Gasteiger partial charge in [0.15, 0.2) is 5.85 Å². The maximum atomic E-state index is 11.7. The van der Waals surface area contributed by atoms with Gasteiger partial charge < -0.3 is 9.63 Å². The van der Waals surface area contributed by atoms with Gasteiger partial charge in [-0.15, -0.1) is 0 Å². The molecule has 0 bridgehead atoms. The SMILES string of the molecule is CCP(=O)(O)C(C)Oc1cc([N+](=O)[O-])c(Cl)cc1Cl. The van der Waals surface area contributed by atoms with Crippen LogP contribution in [0.1, 0.15) is 13.8 Å². The summed E-state index contributed by atoms with van der Waals surface area (Å²) in [5, 5.41) is 10.7. The summed E-state index contributed by atoms with van der Waals surface area (Å²) in [6.07, 6.45) is 0.0292. The summed E-state index contributed by atoms with van der Waals surface area (Å²) in [6, 6.07) is 2.20. The van der Waals surface area contributed by atoms with Gasteiger partial charge in [-0.1, -0.05) is 30.1 Å². The number of halogens is 2. The molecule has 9 heteroatoms. The molecule has 1 aromatic rings. The zero-order chi connectivity index (χ0) is 14.8. The Morgan fingerprint density at radius 1 is 1.47 bits per heavy atom. The molecule has 0 aliphatic heterocycles. The third-order valence-electron chi connectivity index (χ3n) is 2.52. The molecule has 0 aliphatic rings. The fourth-order valence-electron chi connectivity index (χ4n) is 1.27. The molecule has 0 saturated heterocycles. The van der Waals surface area contributed by atoms with E-state index in [2.05, 4.69) is 0 Å². The van der Waals surface area contributed by atoms with Crippen LogP contribution in [0.15, 0.2) is 12.1 Å². The van der Waals surface area contributed by atoms with Crippen LogP contribution < -0.4 is 4.74 Å². The maximum absolute atomic E-state index is 11.7. The minimum atomic E-state index is -3.48. The summed E-state index contributed by atoms with van der Waals surface area (Å²) < 4.78 is 17.0. The molecule has 0 aromatic heterocycles. The third-order valence-corrected chi connectivity index (χ3v) is 5.26. The quantitative estimate of drug-likeness (QED) is 0.503. The smallest absolute Gasteiger partial charge is 0.291 e. The monoisotopic (exact) mass is 327 g/mol. The highest BCUT2D eigenvalue weighted by Gasteiger charge is 2.28. The minimum absolute atomic E-state index is 0.0292. The van der Waals surface area contributed by atoms with Crippen molar-refractivity contribution >= 4 is 36.3 Å². The molecule has 1 N–H and O–H groups in total. The van der Waals surface area contributed by atoms with Gasteiger partial charge in [-0.2, -0.15) is 0 Å². The van der Waals surface area contributed by atoms with Crippen molar-refractivity contribution in [1.29, 1.82) is 0 Å². The highest BCUT2D eigenvalue weighted by atomic mass is 35.5. The van der Waals surface area contributed by atoms with Gasteiger partial charge >= 0.3 is 0 Å². The highest BCUT2D eigenvalue weighted by molar-refractivity contribution is 7.58. The number of nitro groups is 1. The molecule has 2 atom stereocenters. The number of nitrogens with zero attached hydrogens (tertiary/aromatic N) is 1. The highest BCUT2D eigenvalue weighted by Crippen LogP contribution is 2.47. The molecule has 6 nitrogen and oxygen atoms in total. The lowest BCUT2D eigenvalue weighted by atomic mass is 10.3. The molecule has 0 fully saturated rings. The van der Waals surface area contributed by atoms with E-state index >= 15 is 0 Å². The Labute approximate surface area is 119 Å². The van der Waals surface area contributed by atoms with E-state index in [1.54, 1.807) is 6.92 Å². The fourth-order valence-corrected chi connectivity index (χ4v) is 2.56. The van der Waals surface area contributed by atoms with Gasteiger partial charge in [0.2, 0.25) is 7.37 Å². The second-order valence-electron chi connectivity index (χ2n) is 3.78. The number of benzene rings is 1. The van der Waals surface area contributed by atoms with Gasteiger partial charge in [-0.3, -0.25) is 14.7 Å². The molecule has 0 amide bonds. The predicted molar refractivity (Wildman–Crippen MR) is 73.6 cm³/mol. The van der Waals surface area contributed by atoms with Crippen LogP contribution in [0, 0.1) is 10.1 Å². The van der Waals surface area contributed by atoms with Crippen LogP contribution in [0.4, 0.5) is 5.69 Å². The Balaban J connectivity index is 3.12. The summed E-state index contributed by atoms with van der Waals surface area (Å²) in [6.45, 7) is 2.95. The maximum Gasteiger partial charge on any atom is 0.291 e. The number of rotatable bonds is 5. The van der Waals surface area contributed by atoms with Crippen molar-refractivity contribution in [3.8, 4) is 5.75 Å². The van der Waals surface area contributed by atoms with Crippen molar-refractivity contribution in [1.82, 2.24) is 0 Å². The number of nitro benzene ring substituents is 1. The average molecular weight is 328 g/mol. The lowest BCUT2D eigenvalue weighted by Gasteiger charge is -2.20. The molecule has 19 heavy (non-hydrogen) atoms. The Bertz CT molecular complexity index is 551. The lowest BCUT2D eigenvalue weighted by Crippen LogP contribution is -2.14. The van der Waals surface area contributed by atoms with Crippen molar-refractivity contribution in [2.45, 2.75) is 19.7 Å². The summed E-state index contributed by atoms with van der Waals surface area (Å²) in [5.41, 5.74) is -0.377. The summed E-state index contributed by atoms with van der Waals surface area (Å²) in [5.74, 6) is -1.07. The van der Waals surface area contributed by atoms with Crippen LogP contribution >= 0.6 is 30.6 Å². The molecule has 0 heterocycles. The minimum Gasteiger partial charge on any atom is -0.479 e. The Kier molecular flexibility index (Phi) is 5.21. The van der Waals surface area contributed by atoms with Crippen LogP contribution in [-0.4, -0.2) is 21.8 Å². The van der Waals surface area contributed by atoms with Crippen LogP contribution in [0.25, 0.3) is 0 Å². The Hall–Kier alpha value is -0.810. The Morgan fingerprint density at radius 2 is 2.05 bits per heavy atom. The van der Waals surface area contributed by atoms with Crippen molar-refractivity contribution in [3.05, 3.63) is 32.3 Å². The largest absolute Gasteiger partial charge is 0.479 e.